The fourth-order valence-corrected chi connectivity index (χ4v) is 3.39. The van der Waals surface area contributed by atoms with Crippen LogP contribution in [0.3, 0.4) is 0 Å². The van der Waals surface area contributed by atoms with Crippen molar-refractivity contribution >= 4 is 28.8 Å². The van der Waals surface area contributed by atoms with Crippen molar-refractivity contribution in [3.05, 3.63) is 88.9 Å². The van der Waals surface area contributed by atoms with Gasteiger partial charge in [-0.15, -0.1) is 11.3 Å². The summed E-state index contributed by atoms with van der Waals surface area (Å²) in [6.07, 6.45) is 4.86. The third-order valence-corrected chi connectivity index (χ3v) is 4.90. The Labute approximate surface area is 170 Å². The third-order valence-electron chi connectivity index (χ3n) is 4.06. The number of pyridine rings is 1. The van der Waals surface area contributed by atoms with E-state index in [0.29, 0.717) is 17.8 Å². The maximum Gasteiger partial charge on any atom is 0.291 e. The van der Waals surface area contributed by atoms with E-state index in [9.17, 15) is 9.59 Å². The van der Waals surface area contributed by atoms with E-state index in [1.165, 1.54) is 17.6 Å². The molecule has 3 aromatic heterocycles. The summed E-state index contributed by atoms with van der Waals surface area (Å²) in [5.74, 6) is -0.424. The Kier molecular flexibility index (Phi) is 5.44. The van der Waals surface area contributed by atoms with Gasteiger partial charge in [-0.1, -0.05) is 6.07 Å². The highest BCUT2D eigenvalue weighted by molar-refractivity contribution is 7.09. The van der Waals surface area contributed by atoms with E-state index in [-0.39, 0.29) is 17.6 Å². The molecule has 4 rings (SSSR count). The van der Waals surface area contributed by atoms with Gasteiger partial charge < -0.3 is 15.1 Å². The molecular weight excluding hydrogens is 388 g/mol. The van der Waals surface area contributed by atoms with Crippen molar-refractivity contribution in [3.63, 3.8) is 0 Å². The van der Waals surface area contributed by atoms with E-state index in [4.69, 9.17) is 4.42 Å². The van der Waals surface area contributed by atoms with Gasteiger partial charge in [0.15, 0.2) is 5.76 Å². The van der Waals surface area contributed by atoms with Crippen LogP contribution < -0.4 is 10.6 Å². The van der Waals surface area contributed by atoms with E-state index >= 15 is 0 Å². The van der Waals surface area contributed by atoms with Crippen molar-refractivity contribution in [2.45, 2.75) is 6.54 Å². The summed E-state index contributed by atoms with van der Waals surface area (Å²) in [5.41, 5.74) is 2.78. The van der Waals surface area contributed by atoms with Gasteiger partial charge in [0.05, 0.1) is 18.5 Å². The number of rotatable bonds is 6. The number of furan rings is 1. The Balaban J connectivity index is 1.38. The number of aromatic nitrogens is 2. The maximum atomic E-state index is 12.5. The molecule has 7 nitrogen and oxygen atoms in total. The Morgan fingerprint density at radius 3 is 2.69 bits per heavy atom. The van der Waals surface area contributed by atoms with Crippen LogP contribution in [0, 0.1) is 0 Å². The summed E-state index contributed by atoms with van der Waals surface area (Å²) < 4.78 is 5.07. The normalized spacial score (nSPS) is 10.5. The van der Waals surface area contributed by atoms with Crippen LogP contribution in [0.5, 0.6) is 0 Å². The first-order valence-electron chi connectivity index (χ1n) is 8.77. The van der Waals surface area contributed by atoms with Gasteiger partial charge in [-0.05, 0) is 42.5 Å². The molecule has 3 heterocycles. The number of anilines is 1. The minimum absolute atomic E-state index is 0.202. The van der Waals surface area contributed by atoms with Gasteiger partial charge in [0.1, 0.15) is 5.01 Å². The number of carbonyl (C=O) groups excluding carboxylic acids is 2. The molecule has 0 bridgehead atoms. The highest BCUT2D eigenvalue weighted by atomic mass is 32.1. The van der Waals surface area contributed by atoms with Gasteiger partial charge in [-0.25, -0.2) is 4.98 Å². The molecule has 29 heavy (non-hydrogen) atoms. The number of hydrogen-bond donors (Lipinski definition) is 2. The second-order valence-electron chi connectivity index (χ2n) is 6.06. The van der Waals surface area contributed by atoms with E-state index in [2.05, 4.69) is 20.6 Å². The number of carbonyl (C=O) groups is 2. The molecule has 0 spiro atoms. The Morgan fingerprint density at radius 1 is 1.03 bits per heavy atom. The largest absolute Gasteiger partial charge is 0.459 e. The lowest BCUT2D eigenvalue weighted by atomic mass is 10.2. The zero-order chi connectivity index (χ0) is 20.1. The van der Waals surface area contributed by atoms with Crippen molar-refractivity contribution in [2.24, 2.45) is 0 Å². The van der Waals surface area contributed by atoms with E-state index < -0.39 is 0 Å². The lowest BCUT2D eigenvalue weighted by Crippen LogP contribution is -2.23. The van der Waals surface area contributed by atoms with Crippen LogP contribution in [0.25, 0.3) is 11.3 Å². The van der Waals surface area contributed by atoms with E-state index in [0.717, 1.165) is 16.3 Å². The van der Waals surface area contributed by atoms with Crippen molar-refractivity contribution in [3.8, 4) is 11.3 Å². The van der Waals surface area contributed by atoms with E-state index in [1.807, 2.05) is 17.5 Å². The lowest BCUT2D eigenvalue weighted by Gasteiger charge is -2.07. The molecule has 0 atom stereocenters. The van der Waals surface area contributed by atoms with Crippen LogP contribution in [-0.2, 0) is 6.54 Å². The average molecular weight is 404 g/mol. The van der Waals surface area contributed by atoms with Gasteiger partial charge in [0, 0.05) is 34.6 Å². The van der Waals surface area contributed by atoms with Crippen LogP contribution in [0.15, 0.2) is 77.0 Å². The van der Waals surface area contributed by atoms with Crippen molar-refractivity contribution < 1.29 is 14.0 Å². The van der Waals surface area contributed by atoms with Crippen LogP contribution in [0.1, 0.15) is 25.9 Å². The smallest absolute Gasteiger partial charge is 0.291 e. The molecule has 1 aromatic carbocycles. The molecule has 144 valence electrons. The first kappa shape index (κ1) is 18.6. The summed E-state index contributed by atoms with van der Waals surface area (Å²) in [5, 5.41) is 8.30. The second kappa shape index (κ2) is 8.49. The van der Waals surface area contributed by atoms with Gasteiger partial charge in [-0.3, -0.25) is 14.6 Å². The molecular formula is C21H16N4O3S. The predicted molar refractivity (Wildman–Crippen MR) is 110 cm³/mol. The second-order valence-corrected chi connectivity index (χ2v) is 7.00. The SMILES string of the molecule is O=C(NCc1nc(-c2ccncc2)cs1)c1cccc(NC(=O)c2ccco2)c1. The first-order valence-corrected chi connectivity index (χ1v) is 9.65. The van der Waals surface area contributed by atoms with Crippen molar-refractivity contribution in [1.29, 1.82) is 0 Å². The van der Waals surface area contributed by atoms with Crippen LogP contribution in [0.2, 0.25) is 0 Å². The number of thiazole rings is 1. The summed E-state index contributed by atoms with van der Waals surface area (Å²) in [4.78, 5) is 33.1. The minimum atomic E-state index is -0.376. The quantitative estimate of drug-likeness (QED) is 0.507. The molecule has 0 fully saturated rings. The standard InChI is InChI=1S/C21H16N4O3S/c26-20(23-12-19-25-17(13-29-19)14-6-8-22-9-7-14)15-3-1-4-16(11-15)24-21(27)18-5-2-10-28-18/h1-11,13H,12H2,(H,23,26)(H,24,27). The van der Waals surface area contributed by atoms with Gasteiger partial charge in [0.25, 0.3) is 11.8 Å². The van der Waals surface area contributed by atoms with E-state index in [1.54, 1.807) is 48.8 Å². The van der Waals surface area contributed by atoms with Gasteiger partial charge in [0.2, 0.25) is 0 Å². The maximum absolute atomic E-state index is 12.5. The molecule has 8 heteroatoms. The highest BCUT2D eigenvalue weighted by Gasteiger charge is 2.12. The Hall–Kier alpha value is -3.78. The van der Waals surface area contributed by atoms with Crippen LogP contribution >= 0.6 is 11.3 Å². The Morgan fingerprint density at radius 2 is 1.90 bits per heavy atom. The molecule has 2 amide bonds. The highest BCUT2D eigenvalue weighted by Crippen LogP contribution is 2.21. The summed E-state index contributed by atoms with van der Waals surface area (Å²) >= 11 is 1.48. The number of nitrogens with one attached hydrogen (secondary N) is 2. The van der Waals surface area contributed by atoms with Crippen LogP contribution in [0.4, 0.5) is 5.69 Å². The number of nitrogens with zero attached hydrogens (tertiary/aromatic N) is 2. The zero-order valence-corrected chi connectivity index (χ0v) is 16.0. The third kappa shape index (κ3) is 4.56. The summed E-state index contributed by atoms with van der Waals surface area (Å²) in [7, 11) is 0. The topological polar surface area (TPSA) is 97.1 Å². The van der Waals surface area contributed by atoms with Gasteiger partial charge >= 0.3 is 0 Å². The summed E-state index contributed by atoms with van der Waals surface area (Å²) in [6, 6.07) is 13.7. The fraction of sp³-hybridized carbons (Fsp3) is 0.0476. The molecule has 0 saturated carbocycles. The minimum Gasteiger partial charge on any atom is -0.459 e. The molecule has 0 unspecified atom stereocenters. The number of benzene rings is 1. The summed E-state index contributed by atoms with van der Waals surface area (Å²) in [6.45, 7) is 0.317. The predicted octanol–water partition coefficient (Wildman–Crippen LogP) is 3.98. The molecule has 0 aliphatic carbocycles. The molecule has 0 aliphatic rings. The Bertz CT molecular complexity index is 1120. The monoisotopic (exact) mass is 404 g/mol. The average Bonchev–Trinajstić information content (AvgIpc) is 3.45. The van der Waals surface area contributed by atoms with Gasteiger partial charge in [-0.2, -0.15) is 0 Å². The molecule has 0 saturated heterocycles. The fourth-order valence-electron chi connectivity index (χ4n) is 2.64. The number of hydrogen-bond acceptors (Lipinski definition) is 6. The molecule has 0 aliphatic heterocycles. The number of amides is 2. The van der Waals surface area contributed by atoms with Crippen molar-refractivity contribution in [2.75, 3.05) is 5.32 Å². The lowest BCUT2D eigenvalue weighted by molar-refractivity contribution is 0.0949. The van der Waals surface area contributed by atoms with Crippen LogP contribution in [-0.4, -0.2) is 21.8 Å². The molecule has 0 radical (unpaired) electrons. The zero-order valence-electron chi connectivity index (χ0n) is 15.2. The molecule has 2 N–H and O–H groups in total. The first-order chi connectivity index (χ1) is 14.2. The van der Waals surface area contributed by atoms with Crippen molar-refractivity contribution in [1.82, 2.24) is 15.3 Å². The molecule has 4 aromatic rings.